The first-order valence-corrected chi connectivity index (χ1v) is 6.67. The lowest BCUT2D eigenvalue weighted by atomic mass is 10.1. The van der Waals surface area contributed by atoms with Gasteiger partial charge in [-0.05, 0) is 6.42 Å². The van der Waals surface area contributed by atoms with Crippen molar-refractivity contribution < 1.29 is 29.4 Å². The van der Waals surface area contributed by atoms with Crippen molar-refractivity contribution >= 4 is 36.4 Å². The Morgan fingerprint density at radius 2 is 1.91 bits per heavy atom. The molecule has 0 heterocycles. The van der Waals surface area contributed by atoms with Gasteiger partial charge < -0.3 is 21.3 Å². The summed E-state index contributed by atoms with van der Waals surface area (Å²) in [6.07, 6.45) is 1.03. The molecule has 2 unspecified atom stereocenters. The molecule has 2 amide bonds. The topological polar surface area (TPSA) is 174 Å². The Kier molecular flexibility index (Phi) is 8.58. The molecule has 2 atom stereocenters. The summed E-state index contributed by atoms with van der Waals surface area (Å²) >= 11 is 3.86. The number of carboxylic acids is 2. The smallest absolute Gasteiger partial charge is 0.324 e. The normalized spacial score (nSPS) is 12.6. The van der Waals surface area contributed by atoms with E-state index in [1.165, 1.54) is 6.19 Å². The first-order chi connectivity index (χ1) is 10.2. The number of amides is 2. The minimum atomic E-state index is -1.38. The number of aliphatic carboxylic acids is 2. The second-order valence-corrected chi connectivity index (χ2v) is 4.57. The predicted molar refractivity (Wildman–Crippen MR) is 75.6 cm³/mol. The van der Waals surface area contributed by atoms with Crippen LogP contribution in [-0.2, 0) is 19.2 Å². The minimum absolute atomic E-state index is 0.133. The van der Waals surface area contributed by atoms with E-state index >= 15 is 0 Å². The summed E-state index contributed by atoms with van der Waals surface area (Å²) in [4.78, 5) is 44.9. The zero-order valence-corrected chi connectivity index (χ0v) is 12.3. The number of hydrogen-bond acceptors (Lipinski definition) is 7. The van der Waals surface area contributed by atoms with Gasteiger partial charge in [0.05, 0.1) is 0 Å². The van der Waals surface area contributed by atoms with Crippen LogP contribution in [0.2, 0.25) is 0 Å². The fourth-order valence-corrected chi connectivity index (χ4v) is 1.60. The van der Waals surface area contributed by atoms with Gasteiger partial charge in [-0.2, -0.15) is 17.9 Å². The van der Waals surface area contributed by atoms with Crippen LogP contribution in [0.3, 0.4) is 0 Å². The Balaban J connectivity index is 4.61. The first-order valence-electron chi connectivity index (χ1n) is 6.04. The van der Waals surface area contributed by atoms with Gasteiger partial charge in [0.2, 0.25) is 5.91 Å². The van der Waals surface area contributed by atoms with Gasteiger partial charge in [-0.25, -0.2) is 4.90 Å². The number of nitrogens with two attached hydrogens (primary N) is 1. The average molecular weight is 332 g/mol. The van der Waals surface area contributed by atoms with Gasteiger partial charge in [-0.3, -0.25) is 19.2 Å². The fraction of sp³-hybridized carbons (Fsp3) is 0.545. The van der Waals surface area contributed by atoms with Crippen LogP contribution in [0, 0.1) is 11.5 Å². The van der Waals surface area contributed by atoms with E-state index in [-0.39, 0.29) is 18.6 Å². The van der Waals surface area contributed by atoms with Crippen molar-refractivity contribution in [1.82, 2.24) is 10.2 Å². The first kappa shape index (κ1) is 19.7. The van der Waals surface area contributed by atoms with Crippen LogP contribution in [0.1, 0.15) is 12.8 Å². The lowest BCUT2D eigenvalue weighted by molar-refractivity contribution is -0.143. The molecule has 0 aromatic heterocycles. The van der Waals surface area contributed by atoms with Crippen molar-refractivity contribution in [1.29, 1.82) is 5.26 Å². The Hall–Kier alpha value is -2.32. The van der Waals surface area contributed by atoms with E-state index in [0.29, 0.717) is 4.90 Å². The van der Waals surface area contributed by atoms with Crippen LogP contribution in [0.25, 0.3) is 0 Å². The minimum Gasteiger partial charge on any atom is -0.480 e. The number of rotatable bonds is 9. The van der Waals surface area contributed by atoms with Crippen molar-refractivity contribution in [3.8, 4) is 6.19 Å². The molecule has 0 aliphatic carbocycles. The molecule has 0 radical (unpaired) electrons. The summed E-state index contributed by atoms with van der Waals surface area (Å²) in [5, 5.41) is 28.1. The van der Waals surface area contributed by atoms with Gasteiger partial charge in [0, 0.05) is 12.2 Å². The molecular formula is C11H16N4O6S. The molecule has 0 saturated carbocycles. The van der Waals surface area contributed by atoms with E-state index in [1.807, 2.05) is 0 Å². The molecule has 0 saturated heterocycles. The molecule has 0 aromatic rings. The van der Waals surface area contributed by atoms with Crippen molar-refractivity contribution in [2.24, 2.45) is 5.73 Å². The van der Waals surface area contributed by atoms with Crippen molar-refractivity contribution in [3.05, 3.63) is 0 Å². The molecule has 0 aliphatic rings. The molecular weight excluding hydrogens is 316 g/mol. The summed E-state index contributed by atoms with van der Waals surface area (Å²) in [6.45, 7) is -0.834. The van der Waals surface area contributed by atoms with Crippen LogP contribution in [0.4, 0.5) is 0 Å². The number of carbonyl (C=O) groups excluding carboxylic acids is 2. The summed E-state index contributed by atoms with van der Waals surface area (Å²) in [5.41, 5.74) is 5.23. The van der Waals surface area contributed by atoms with Crippen LogP contribution in [0.15, 0.2) is 0 Å². The highest BCUT2D eigenvalue weighted by Crippen LogP contribution is 2.00. The third-order valence-electron chi connectivity index (χ3n) is 2.50. The number of thiol groups is 1. The van der Waals surface area contributed by atoms with Gasteiger partial charge in [0.1, 0.15) is 18.6 Å². The molecule has 0 rings (SSSR count). The summed E-state index contributed by atoms with van der Waals surface area (Å²) < 4.78 is 0. The third kappa shape index (κ3) is 6.91. The maximum absolute atomic E-state index is 11.9. The standard InChI is InChI=1S/C11H16N4O6S/c12-5-15(3-9(17)18)10(19)7(4-22)14-8(16)2-1-6(13)11(20)21/h6-7,22H,1-4,13H2,(H,14,16)(H,17,18)(H,20,21). The van der Waals surface area contributed by atoms with E-state index in [1.54, 1.807) is 0 Å². The molecule has 11 heteroatoms. The molecule has 22 heavy (non-hydrogen) atoms. The highest BCUT2D eigenvalue weighted by molar-refractivity contribution is 7.80. The van der Waals surface area contributed by atoms with Crippen LogP contribution >= 0.6 is 12.6 Å². The Labute approximate surface area is 131 Å². The number of nitrogens with zero attached hydrogens (tertiary/aromatic N) is 2. The Morgan fingerprint density at radius 1 is 1.32 bits per heavy atom. The maximum atomic E-state index is 11.9. The Morgan fingerprint density at radius 3 is 2.32 bits per heavy atom. The summed E-state index contributed by atoms with van der Waals surface area (Å²) in [5.74, 6) is -4.38. The number of carbonyl (C=O) groups is 4. The summed E-state index contributed by atoms with van der Waals surface area (Å²) in [6, 6.07) is -2.41. The molecule has 10 nitrogen and oxygen atoms in total. The number of nitrogens with one attached hydrogen (secondary N) is 1. The van der Waals surface area contributed by atoms with Crippen molar-refractivity contribution in [2.75, 3.05) is 12.3 Å². The molecule has 0 fully saturated rings. The van der Waals surface area contributed by atoms with Crippen LogP contribution in [-0.4, -0.2) is 63.2 Å². The van der Waals surface area contributed by atoms with Crippen molar-refractivity contribution in [2.45, 2.75) is 24.9 Å². The molecule has 0 bridgehead atoms. The number of hydrogen-bond donors (Lipinski definition) is 5. The molecule has 122 valence electrons. The van der Waals surface area contributed by atoms with Gasteiger partial charge in [-0.1, -0.05) is 0 Å². The molecule has 0 spiro atoms. The van der Waals surface area contributed by atoms with E-state index in [2.05, 4.69) is 17.9 Å². The van der Waals surface area contributed by atoms with Gasteiger partial charge in [0.15, 0.2) is 6.19 Å². The fourth-order valence-electron chi connectivity index (χ4n) is 1.35. The average Bonchev–Trinajstić information content (AvgIpc) is 2.46. The number of carboxylic acid groups (broad SMARTS) is 2. The van der Waals surface area contributed by atoms with Crippen LogP contribution in [0.5, 0.6) is 0 Å². The molecule has 0 aromatic carbocycles. The van der Waals surface area contributed by atoms with Gasteiger partial charge >= 0.3 is 11.9 Å². The zero-order chi connectivity index (χ0) is 17.3. The van der Waals surface area contributed by atoms with E-state index in [9.17, 15) is 19.2 Å². The van der Waals surface area contributed by atoms with Crippen LogP contribution < -0.4 is 11.1 Å². The second-order valence-electron chi connectivity index (χ2n) is 4.20. The van der Waals surface area contributed by atoms with E-state index in [4.69, 9.17) is 21.2 Å². The van der Waals surface area contributed by atoms with E-state index < -0.39 is 42.4 Å². The lowest BCUT2D eigenvalue weighted by Crippen LogP contribution is -2.49. The number of nitriles is 1. The van der Waals surface area contributed by atoms with Crippen molar-refractivity contribution in [3.63, 3.8) is 0 Å². The largest absolute Gasteiger partial charge is 0.480 e. The van der Waals surface area contributed by atoms with Gasteiger partial charge in [-0.15, -0.1) is 0 Å². The monoisotopic (exact) mass is 332 g/mol. The predicted octanol–water partition coefficient (Wildman–Crippen LogP) is -2.01. The molecule has 0 aliphatic heterocycles. The highest BCUT2D eigenvalue weighted by atomic mass is 32.1. The zero-order valence-electron chi connectivity index (χ0n) is 11.4. The SMILES string of the molecule is N#CN(CC(=O)O)C(=O)C(CS)NC(=O)CCC(N)C(=O)O. The lowest BCUT2D eigenvalue weighted by Gasteiger charge is -2.20. The Bertz CT molecular complexity index is 491. The second kappa shape index (κ2) is 9.59. The highest BCUT2D eigenvalue weighted by Gasteiger charge is 2.26. The quantitative estimate of drug-likeness (QED) is 0.183. The van der Waals surface area contributed by atoms with E-state index in [0.717, 1.165) is 0 Å². The molecule has 5 N–H and O–H groups in total. The maximum Gasteiger partial charge on any atom is 0.324 e. The van der Waals surface area contributed by atoms with Gasteiger partial charge in [0.25, 0.3) is 5.91 Å². The third-order valence-corrected chi connectivity index (χ3v) is 2.86. The summed E-state index contributed by atoms with van der Waals surface area (Å²) in [7, 11) is 0.